The van der Waals surface area contributed by atoms with Gasteiger partial charge in [-0.25, -0.2) is 9.48 Å². The summed E-state index contributed by atoms with van der Waals surface area (Å²) >= 11 is 0. The zero-order chi connectivity index (χ0) is 21.4. The number of halogens is 3. The lowest BCUT2D eigenvalue weighted by molar-refractivity contribution is -0.192. The van der Waals surface area contributed by atoms with Crippen molar-refractivity contribution in [3.8, 4) is 5.69 Å². The first-order valence-corrected chi connectivity index (χ1v) is 9.41. The lowest BCUT2D eigenvalue weighted by Gasteiger charge is -2.18. The van der Waals surface area contributed by atoms with Crippen LogP contribution in [0.25, 0.3) is 5.69 Å². The third-order valence-electron chi connectivity index (χ3n) is 4.68. The van der Waals surface area contributed by atoms with Gasteiger partial charge in [0.25, 0.3) is 0 Å². The van der Waals surface area contributed by atoms with E-state index in [1.807, 2.05) is 6.07 Å². The molecule has 6 nitrogen and oxygen atoms in total. The van der Waals surface area contributed by atoms with Crippen LogP contribution in [0.15, 0.2) is 30.3 Å². The van der Waals surface area contributed by atoms with E-state index in [0.29, 0.717) is 0 Å². The smallest absolute Gasteiger partial charge is 0.475 e. The molecule has 0 bridgehead atoms. The molecule has 0 radical (unpaired) electrons. The van der Waals surface area contributed by atoms with Crippen molar-refractivity contribution in [3.63, 3.8) is 0 Å². The number of hydrogen-bond donors (Lipinski definition) is 1. The van der Waals surface area contributed by atoms with E-state index in [1.54, 1.807) is 0 Å². The number of aryl methyl sites for hydroxylation is 1. The van der Waals surface area contributed by atoms with E-state index >= 15 is 0 Å². The van der Waals surface area contributed by atoms with Gasteiger partial charge in [0.2, 0.25) is 0 Å². The monoisotopic (exact) mass is 413 g/mol. The number of ether oxygens (including phenoxy) is 1. The summed E-state index contributed by atoms with van der Waals surface area (Å²) in [6.07, 6.45) is -2.88. The topological polar surface area (TPSA) is 67.6 Å². The quantitative estimate of drug-likeness (QED) is 0.832. The summed E-state index contributed by atoms with van der Waals surface area (Å²) < 4.78 is 39.3. The summed E-state index contributed by atoms with van der Waals surface area (Å²) in [6.45, 7) is 9.34. The van der Waals surface area contributed by atoms with E-state index in [9.17, 15) is 13.2 Å². The summed E-state index contributed by atoms with van der Waals surface area (Å²) in [5, 5.41) is 11.9. The molecule has 0 saturated carbocycles. The number of benzene rings is 1. The molecule has 1 aliphatic rings. The van der Waals surface area contributed by atoms with Crippen molar-refractivity contribution in [2.75, 3.05) is 32.8 Å². The summed E-state index contributed by atoms with van der Waals surface area (Å²) in [6, 6.07) is 10.4. The van der Waals surface area contributed by atoms with Crippen molar-refractivity contribution in [1.29, 1.82) is 0 Å². The number of carbonyl (C=O) groups is 1. The van der Waals surface area contributed by atoms with E-state index in [-0.39, 0.29) is 0 Å². The first kappa shape index (κ1) is 22.9. The number of carboxylic acid groups (broad SMARTS) is 1. The van der Waals surface area contributed by atoms with Crippen LogP contribution in [0.3, 0.4) is 0 Å². The predicted octanol–water partition coefficient (Wildman–Crippen LogP) is 3.39. The van der Waals surface area contributed by atoms with Crippen LogP contribution < -0.4 is 0 Å². The molecule has 1 aliphatic heterocycles. The van der Waals surface area contributed by atoms with Crippen LogP contribution in [0.1, 0.15) is 23.4 Å². The number of aliphatic carboxylic acids is 1. The number of aromatic nitrogens is 2. The van der Waals surface area contributed by atoms with E-state index < -0.39 is 12.1 Å². The maximum atomic E-state index is 10.6. The molecule has 2 aromatic rings. The van der Waals surface area contributed by atoms with Crippen LogP contribution in [0.2, 0.25) is 0 Å². The Bertz CT molecular complexity index is 784. The molecule has 9 heteroatoms. The minimum Gasteiger partial charge on any atom is -0.475 e. The third-order valence-corrected chi connectivity index (χ3v) is 4.68. The fraction of sp³-hybridized carbons (Fsp3) is 0.500. The SMILES string of the molecule is Cc1nn(-c2ccccc2)c(C)c1CCN1CCCOCC1.O=C(O)C(F)(F)F. The average molecular weight is 413 g/mol. The maximum absolute atomic E-state index is 10.6. The van der Waals surface area contributed by atoms with Crippen LogP contribution in [-0.4, -0.2) is 64.8 Å². The minimum absolute atomic E-state index is 0.862. The van der Waals surface area contributed by atoms with Crippen molar-refractivity contribution >= 4 is 5.97 Å². The fourth-order valence-corrected chi connectivity index (χ4v) is 3.15. The molecule has 29 heavy (non-hydrogen) atoms. The number of para-hydroxylation sites is 1. The summed E-state index contributed by atoms with van der Waals surface area (Å²) in [5.41, 5.74) is 4.92. The van der Waals surface area contributed by atoms with Gasteiger partial charge in [-0.1, -0.05) is 18.2 Å². The molecular weight excluding hydrogens is 387 g/mol. The van der Waals surface area contributed by atoms with Gasteiger partial charge in [0.15, 0.2) is 0 Å². The van der Waals surface area contributed by atoms with Crippen molar-refractivity contribution in [2.24, 2.45) is 0 Å². The number of rotatable bonds is 4. The molecule has 0 spiro atoms. The molecular formula is C20H26F3N3O3. The molecule has 1 saturated heterocycles. The van der Waals surface area contributed by atoms with E-state index in [0.717, 1.165) is 57.1 Å². The summed E-state index contributed by atoms with van der Waals surface area (Å²) in [4.78, 5) is 11.4. The van der Waals surface area contributed by atoms with Gasteiger partial charge in [-0.15, -0.1) is 0 Å². The molecule has 0 unspecified atom stereocenters. The Morgan fingerprint density at radius 1 is 1.17 bits per heavy atom. The second-order valence-electron chi connectivity index (χ2n) is 6.76. The largest absolute Gasteiger partial charge is 0.490 e. The van der Waals surface area contributed by atoms with Crippen LogP contribution >= 0.6 is 0 Å². The number of nitrogens with zero attached hydrogens (tertiary/aromatic N) is 3. The average Bonchev–Trinajstić information content (AvgIpc) is 2.84. The van der Waals surface area contributed by atoms with Crippen LogP contribution in [0, 0.1) is 13.8 Å². The molecule has 0 atom stereocenters. The zero-order valence-electron chi connectivity index (χ0n) is 16.6. The first-order chi connectivity index (χ1) is 13.7. The maximum Gasteiger partial charge on any atom is 0.490 e. The first-order valence-electron chi connectivity index (χ1n) is 9.41. The van der Waals surface area contributed by atoms with Gasteiger partial charge in [0.05, 0.1) is 18.0 Å². The number of hydrogen-bond acceptors (Lipinski definition) is 4. The zero-order valence-corrected chi connectivity index (χ0v) is 16.6. The van der Waals surface area contributed by atoms with E-state index in [1.165, 1.54) is 11.3 Å². The molecule has 3 rings (SSSR count). The number of carboxylic acids is 1. The molecule has 1 aromatic heterocycles. The normalized spacial score (nSPS) is 15.3. The highest BCUT2D eigenvalue weighted by atomic mass is 19.4. The van der Waals surface area contributed by atoms with E-state index in [2.05, 4.69) is 47.7 Å². The highest BCUT2D eigenvalue weighted by Gasteiger charge is 2.38. The minimum atomic E-state index is -5.08. The Balaban J connectivity index is 0.000000370. The van der Waals surface area contributed by atoms with Gasteiger partial charge in [-0.3, -0.25) is 0 Å². The number of alkyl halides is 3. The summed E-state index contributed by atoms with van der Waals surface area (Å²) in [7, 11) is 0. The van der Waals surface area contributed by atoms with Crippen molar-refractivity contribution in [2.45, 2.75) is 32.9 Å². The lowest BCUT2D eigenvalue weighted by atomic mass is 10.1. The Labute approximate surface area is 167 Å². The molecule has 2 heterocycles. The molecule has 1 fully saturated rings. The second-order valence-corrected chi connectivity index (χ2v) is 6.76. The summed E-state index contributed by atoms with van der Waals surface area (Å²) in [5.74, 6) is -2.76. The van der Waals surface area contributed by atoms with Crippen molar-refractivity contribution < 1.29 is 27.8 Å². The predicted molar refractivity (Wildman–Crippen MR) is 102 cm³/mol. The van der Waals surface area contributed by atoms with Gasteiger partial charge >= 0.3 is 12.1 Å². The highest BCUT2D eigenvalue weighted by Crippen LogP contribution is 2.19. The third kappa shape index (κ3) is 6.86. The lowest BCUT2D eigenvalue weighted by Crippen LogP contribution is -2.28. The Kier molecular flexibility index (Phi) is 8.21. The standard InChI is InChI=1S/C18H25N3O.C2HF3O2/c1-15-18(9-11-20-10-6-13-22-14-12-20)16(2)21(19-15)17-7-4-3-5-8-17;3-2(4,5)1(6)7/h3-5,7-8H,6,9-14H2,1-2H3;(H,6,7). The molecule has 1 aromatic carbocycles. The molecule has 0 aliphatic carbocycles. The van der Waals surface area contributed by atoms with Crippen molar-refractivity contribution in [3.05, 3.63) is 47.3 Å². The van der Waals surface area contributed by atoms with Crippen molar-refractivity contribution in [1.82, 2.24) is 14.7 Å². The van der Waals surface area contributed by atoms with E-state index in [4.69, 9.17) is 19.7 Å². The molecule has 160 valence electrons. The van der Waals surface area contributed by atoms with Gasteiger partial charge in [-0.05, 0) is 44.4 Å². The Morgan fingerprint density at radius 2 is 1.83 bits per heavy atom. The Morgan fingerprint density at radius 3 is 2.45 bits per heavy atom. The molecule has 1 N–H and O–H groups in total. The fourth-order valence-electron chi connectivity index (χ4n) is 3.15. The van der Waals surface area contributed by atoms with Crippen LogP contribution in [-0.2, 0) is 16.0 Å². The second kappa shape index (κ2) is 10.4. The molecule has 0 amide bonds. The van der Waals surface area contributed by atoms with Gasteiger partial charge < -0.3 is 14.7 Å². The highest BCUT2D eigenvalue weighted by molar-refractivity contribution is 5.73. The van der Waals surface area contributed by atoms with Gasteiger partial charge in [0.1, 0.15) is 0 Å². The van der Waals surface area contributed by atoms with Gasteiger partial charge in [0, 0.05) is 31.9 Å². The Hall–Kier alpha value is -2.39. The van der Waals surface area contributed by atoms with Crippen LogP contribution in [0.4, 0.5) is 13.2 Å². The van der Waals surface area contributed by atoms with Crippen LogP contribution in [0.5, 0.6) is 0 Å². The van der Waals surface area contributed by atoms with Gasteiger partial charge in [-0.2, -0.15) is 18.3 Å².